The quantitative estimate of drug-likeness (QED) is 0.813. The molecule has 1 aromatic carbocycles. The van der Waals surface area contributed by atoms with Gasteiger partial charge in [-0.15, -0.1) is 0 Å². The van der Waals surface area contributed by atoms with Crippen molar-refractivity contribution >= 4 is 37.8 Å². The van der Waals surface area contributed by atoms with Gasteiger partial charge in [0, 0.05) is 14.8 Å². The Bertz CT molecular complexity index is 402. The molecular formula is C13H17Br2NO. The van der Waals surface area contributed by atoms with Crippen LogP contribution in [-0.2, 0) is 11.2 Å². The van der Waals surface area contributed by atoms with E-state index in [4.69, 9.17) is 0 Å². The summed E-state index contributed by atoms with van der Waals surface area (Å²) in [7, 11) is 0. The molecule has 1 N–H and O–H groups in total. The Hall–Kier alpha value is -0.350. The van der Waals surface area contributed by atoms with Crippen LogP contribution >= 0.6 is 31.9 Å². The molecule has 0 aliphatic rings. The highest BCUT2D eigenvalue weighted by Gasteiger charge is 2.25. The van der Waals surface area contributed by atoms with E-state index in [-0.39, 0.29) is 16.3 Å². The standard InChI is InChI=1S/C13H17Br2NO/c1-9(14)13(2,3)16-12(17)8-10-5-4-6-11(15)7-10/h4-7,9H,8H2,1-3H3,(H,16,17). The van der Waals surface area contributed by atoms with Crippen LogP contribution in [0, 0.1) is 0 Å². The number of alkyl halides is 1. The van der Waals surface area contributed by atoms with Gasteiger partial charge in [0.05, 0.1) is 6.42 Å². The van der Waals surface area contributed by atoms with E-state index >= 15 is 0 Å². The third kappa shape index (κ3) is 4.80. The Balaban J connectivity index is 2.62. The molecule has 0 aromatic heterocycles. The van der Waals surface area contributed by atoms with Gasteiger partial charge in [-0.3, -0.25) is 4.79 Å². The first-order valence-electron chi connectivity index (χ1n) is 5.51. The minimum absolute atomic E-state index is 0.0411. The summed E-state index contributed by atoms with van der Waals surface area (Å²) < 4.78 is 0.996. The Labute approximate surface area is 119 Å². The normalized spacial score (nSPS) is 13.2. The number of halogens is 2. The minimum Gasteiger partial charge on any atom is -0.350 e. The number of benzene rings is 1. The molecule has 1 amide bonds. The van der Waals surface area contributed by atoms with E-state index in [1.54, 1.807) is 0 Å². The highest BCUT2D eigenvalue weighted by Crippen LogP contribution is 2.17. The Morgan fingerprint density at radius 2 is 2.12 bits per heavy atom. The highest BCUT2D eigenvalue weighted by molar-refractivity contribution is 9.10. The molecule has 0 radical (unpaired) electrons. The fourth-order valence-corrected chi connectivity index (χ4v) is 1.90. The summed E-state index contributed by atoms with van der Waals surface area (Å²) in [4.78, 5) is 12.1. The molecule has 0 bridgehead atoms. The highest BCUT2D eigenvalue weighted by atomic mass is 79.9. The van der Waals surface area contributed by atoms with Crippen molar-refractivity contribution in [2.75, 3.05) is 0 Å². The lowest BCUT2D eigenvalue weighted by atomic mass is 10.0. The smallest absolute Gasteiger partial charge is 0.224 e. The lowest BCUT2D eigenvalue weighted by Gasteiger charge is -2.29. The fraction of sp³-hybridized carbons (Fsp3) is 0.462. The van der Waals surface area contributed by atoms with Crippen LogP contribution in [0.5, 0.6) is 0 Å². The lowest BCUT2D eigenvalue weighted by Crippen LogP contribution is -2.49. The molecule has 0 fully saturated rings. The molecule has 2 nitrogen and oxygen atoms in total. The molecule has 1 atom stereocenters. The van der Waals surface area contributed by atoms with E-state index < -0.39 is 0 Å². The zero-order chi connectivity index (χ0) is 13.1. The van der Waals surface area contributed by atoms with Gasteiger partial charge in [0.25, 0.3) is 0 Å². The van der Waals surface area contributed by atoms with E-state index in [2.05, 4.69) is 37.2 Å². The SMILES string of the molecule is CC(Br)C(C)(C)NC(=O)Cc1cccc(Br)c1. The van der Waals surface area contributed by atoms with E-state index in [0.29, 0.717) is 6.42 Å². The van der Waals surface area contributed by atoms with Gasteiger partial charge < -0.3 is 5.32 Å². The Morgan fingerprint density at radius 3 is 2.65 bits per heavy atom. The van der Waals surface area contributed by atoms with Crippen LogP contribution < -0.4 is 5.32 Å². The van der Waals surface area contributed by atoms with Crippen molar-refractivity contribution in [3.8, 4) is 0 Å². The summed E-state index contributed by atoms with van der Waals surface area (Å²) >= 11 is 6.90. The van der Waals surface area contributed by atoms with Gasteiger partial charge in [-0.2, -0.15) is 0 Å². The van der Waals surface area contributed by atoms with E-state index in [1.807, 2.05) is 45.0 Å². The van der Waals surface area contributed by atoms with E-state index in [0.717, 1.165) is 10.0 Å². The summed E-state index contributed by atoms with van der Waals surface area (Å²) in [5, 5.41) is 3.02. The van der Waals surface area contributed by atoms with Crippen molar-refractivity contribution in [3.05, 3.63) is 34.3 Å². The first-order chi connectivity index (χ1) is 7.81. The minimum atomic E-state index is -0.247. The molecule has 17 heavy (non-hydrogen) atoms. The van der Waals surface area contributed by atoms with Crippen molar-refractivity contribution in [1.82, 2.24) is 5.32 Å². The van der Waals surface area contributed by atoms with Gasteiger partial charge in [-0.05, 0) is 31.5 Å². The molecule has 0 saturated heterocycles. The first-order valence-corrected chi connectivity index (χ1v) is 7.21. The third-order valence-corrected chi connectivity index (χ3v) is 4.35. The summed E-state index contributed by atoms with van der Waals surface area (Å²) in [6.45, 7) is 6.04. The van der Waals surface area contributed by atoms with Gasteiger partial charge in [-0.25, -0.2) is 0 Å². The summed E-state index contributed by atoms with van der Waals surface area (Å²) in [5.74, 6) is 0.0411. The van der Waals surface area contributed by atoms with Gasteiger partial charge in [0.15, 0.2) is 0 Å². The van der Waals surface area contributed by atoms with Crippen LogP contribution in [0.15, 0.2) is 28.7 Å². The molecule has 1 aromatic rings. The second-order valence-corrected chi connectivity index (χ2v) is 6.98. The van der Waals surface area contributed by atoms with Gasteiger partial charge in [0.2, 0.25) is 5.91 Å². The number of carbonyl (C=O) groups is 1. The van der Waals surface area contributed by atoms with Crippen LogP contribution in [0.1, 0.15) is 26.3 Å². The number of nitrogens with one attached hydrogen (secondary N) is 1. The van der Waals surface area contributed by atoms with Crippen LogP contribution in [0.2, 0.25) is 0 Å². The van der Waals surface area contributed by atoms with Crippen molar-refractivity contribution in [3.63, 3.8) is 0 Å². The monoisotopic (exact) mass is 361 g/mol. The Kier molecular flexibility index (Phi) is 5.20. The summed E-state index contributed by atoms with van der Waals surface area (Å²) in [6, 6.07) is 7.80. The molecule has 1 unspecified atom stereocenters. The molecule has 4 heteroatoms. The van der Waals surface area contributed by atoms with Crippen LogP contribution in [0.4, 0.5) is 0 Å². The van der Waals surface area contributed by atoms with E-state index in [1.165, 1.54) is 0 Å². The zero-order valence-corrected chi connectivity index (χ0v) is 13.4. The zero-order valence-electron chi connectivity index (χ0n) is 10.3. The predicted octanol–water partition coefficient (Wildman–Crippen LogP) is 3.67. The van der Waals surface area contributed by atoms with Crippen molar-refractivity contribution in [2.45, 2.75) is 37.6 Å². The maximum absolute atomic E-state index is 11.9. The predicted molar refractivity (Wildman–Crippen MR) is 78.5 cm³/mol. The van der Waals surface area contributed by atoms with Crippen molar-refractivity contribution < 1.29 is 4.79 Å². The van der Waals surface area contributed by atoms with Crippen molar-refractivity contribution in [2.24, 2.45) is 0 Å². The average molecular weight is 363 g/mol. The number of rotatable bonds is 4. The number of amides is 1. The second-order valence-electron chi connectivity index (χ2n) is 4.69. The molecule has 0 aliphatic carbocycles. The third-order valence-electron chi connectivity index (χ3n) is 2.71. The van der Waals surface area contributed by atoms with Crippen LogP contribution in [0.25, 0.3) is 0 Å². The Morgan fingerprint density at radius 1 is 1.47 bits per heavy atom. The lowest BCUT2D eigenvalue weighted by molar-refractivity contribution is -0.121. The molecular weight excluding hydrogens is 346 g/mol. The molecule has 0 heterocycles. The number of carbonyl (C=O) groups excluding carboxylic acids is 1. The number of hydrogen-bond donors (Lipinski definition) is 1. The summed E-state index contributed by atoms with van der Waals surface area (Å²) in [6.07, 6.45) is 0.405. The largest absolute Gasteiger partial charge is 0.350 e. The van der Waals surface area contributed by atoms with Gasteiger partial charge >= 0.3 is 0 Å². The van der Waals surface area contributed by atoms with Gasteiger partial charge in [-0.1, -0.05) is 50.9 Å². The van der Waals surface area contributed by atoms with E-state index in [9.17, 15) is 4.79 Å². The topological polar surface area (TPSA) is 29.1 Å². The molecule has 0 spiro atoms. The van der Waals surface area contributed by atoms with Crippen molar-refractivity contribution in [1.29, 1.82) is 0 Å². The van der Waals surface area contributed by atoms with Gasteiger partial charge in [0.1, 0.15) is 0 Å². The second kappa shape index (κ2) is 6.01. The molecule has 1 rings (SSSR count). The average Bonchev–Trinajstić information content (AvgIpc) is 2.15. The van der Waals surface area contributed by atoms with Crippen LogP contribution in [-0.4, -0.2) is 16.3 Å². The fourth-order valence-electron chi connectivity index (χ4n) is 1.34. The first kappa shape index (κ1) is 14.7. The number of hydrogen-bond acceptors (Lipinski definition) is 1. The maximum atomic E-state index is 11.9. The molecule has 94 valence electrons. The molecule has 0 saturated carbocycles. The van der Waals surface area contributed by atoms with Crippen LogP contribution in [0.3, 0.4) is 0 Å². The maximum Gasteiger partial charge on any atom is 0.224 e. The summed E-state index contributed by atoms with van der Waals surface area (Å²) in [5.41, 5.74) is 0.762. The molecule has 0 aliphatic heterocycles.